The van der Waals surface area contributed by atoms with Gasteiger partial charge in [0.1, 0.15) is 5.82 Å². The second-order valence-electron chi connectivity index (χ2n) is 4.27. The first kappa shape index (κ1) is 15.0. The molecule has 0 radical (unpaired) electrons. The normalized spacial score (nSPS) is 12.5. The average molecular weight is 408 g/mol. The van der Waals surface area contributed by atoms with Crippen LogP contribution in [0.1, 0.15) is 22.7 Å². The quantitative estimate of drug-likeness (QED) is 0.667. The van der Waals surface area contributed by atoms with Crippen LogP contribution in [0.4, 0.5) is 4.39 Å². The fourth-order valence-corrected chi connectivity index (χ4v) is 3.05. The maximum Gasteiger partial charge on any atom is 0.148 e. The lowest BCUT2D eigenvalue weighted by atomic mass is 9.98. The van der Waals surface area contributed by atoms with E-state index >= 15 is 0 Å². The Bertz CT molecular complexity index is 631. The second-order valence-corrected chi connectivity index (χ2v) is 6.35. The number of hydrogen-bond donors (Lipinski definition) is 1. The molecule has 0 aliphatic heterocycles. The molecule has 0 bridgehead atoms. The van der Waals surface area contributed by atoms with Crippen molar-refractivity contribution < 1.29 is 4.39 Å². The third-order valence-corrected chi connectivity index (χ3v) is 4.84. The number of aryl methyl sites for hydroxylation is 1. The van der Waals surface area contributed by atoms with Gasteiger partial charge in [-0.25, -0.2) is 4.39 Å². The molecule has 19 heavy (non-hydrogen) atoms. The summed E-state index contributed by atoms with van der Waals surface area (Å²) in [5.41, 5.74) is 8.45. The van der Waals surface area contributed by atoms with Crippen molar-refractivity contribution in [2.24, 2.45) is 5.73 Å². The Morgan fingerprint density at radius 3 is 2.37 bits per heavy atom. The molecule has 2 N–H and O–H groups in total. The maximum absolute atomic E-state index is 14.2. The van der Waals surface area contributed by atoms with Gasteiger partial charge in [0.15, 0.2) is 0 Å². The van der Waals surface area contributed by atoms with Crippen LogP contribution in [0.5, 0.6) is 0 Å². The number of rotatable bonds is 2. The van der Waals surface area contributed by atoms with E-state index in [4.69, 9.17) is 17.3 Å². The van der Waals surface area contributed by atoms with Gasteiger partial charge in [-0.2, -0.15) is 0 Å². The van der Waals surface area contributed by atoms with E-state index in [0.29, 0.717) is 10.0 Å². The topological polar surface area (TPSA) is 26.0 Å². The third-order valence-electron chi connectivity index (χ3n) is 2.89. The van der Waals surface area contributed by atoms with Crippen LogP contribution in [0.15, 0.2) is 39.3 Å². The molecule has 1 unspecified atom stereocenters. The molecular weight excluding hydrogens is 396 g/mol. The minimum atomic E-state index is -0.569. The van der Waals surface area contributed by atoms with Crippen molar-refractivity contribution in [1.82, 2.24) is 0 Å². The lowest BCUT2D eigenvalue weighted by Gasteiger charge is -2.16. The summed E-state index contributed by atoms with van der Waals surface area (Å²) >= 11 is 12.5. The fraction of sp³-hybridized carbons (Fsp3) is 0.143. The van der Waals surface area contributed by atoms with E-state index < -0.39 is 11.9 Å². The van der Waals surface area contributed by atoms with E-state index in [2.05, 4.69) is 31.9 Å². The highest BCUT2D eigenvalue weighted by Gasteiger charge is 2.19. The standard InChI is InChI=1S/C14H11Br2ClFN/c1-7-2-3-8(11(16)6-7)14(19)9-4-5-10(15)12(17)13(9)18/h2-6,14H,19H2,1H3. The fourth-order valence-electron chi connectivity index (χ4n) is 1.83. The zero-order chi connectivity index (χ0) is 14.2. The van der Waals surface area contributed by atoms with Crippen molar-refractivity contribution in [2.75, 3.05) is 0 Å². The summed E-state index contributed by atoms with van der Waals surface area (Å²) < 4.78 is 15.5. The largest absolute Gasteiger partial charge is 0.320 e. The highest BCUT2D eigenvalue weighted by atomic mass is 79.9. The van der Waals surface area contributed by atoms with Gasteiger partial charge in [-0.05, 0) is 46.1 Å². The van der Waals surface area contributed by atoms with Crippen LogP contribution in [0.2, 0.25) is 5.02 Å². The van der Waals surface area contributed by atoms with Gasteiger partial charge in [0.2, 0.25) is 0 Å². The molecule has 0 saturated carbocycles. The van der Waals surface area contributed by atoms with Gasteiger partial charge in [0.05, 0.1) is 11.1 Å². The number of halogens is 4. The highest BCUT2D eigenvalue weighted by molar-refractivity contribution is 9.10. The Morgan fingerprint density at radius 1 is 1.11 bits per heavy atom. The summed E-state index contributed by atoms with van der Waals surface area (Å²) in [6, 6.07) is 8.55. The molecular formula is C14H11Br2ClFN. The predicted molar refractivity (Wildman–Crippen MR) is 84.0 cm³/mol. The van der Waals surface area contributed by atoms with E-state index in [1.165, 1.54) is 0 Å². The minimum absolute atomic E-state index is 0.0520. The Morgan fingerprint density at radius 2 is 1.74 bits per heavy atom. The Balaban J connectivity index is 2.50. The summed E-state index contributed by atoms with van der Waals surface area (Å²) in [5.74, 6) is -0.490. The molecule has 0 spiro atoms. The van der Waals surface area contributed by atoms with Crippen LogP contribution in [0, 0.1) is 12.7 Å². The van der Waals surface area contributed by atoms with Crippen LogP contribution >= 0.6 is 43.5 Å². The van der Waals surface area contributed by atoms with Gasteiger partial charge in [0, 0.05) is 14.5 Å². The molecule has 2 rings (SSSR count). The third kappa shape index (κ3) is 3.02. The highest BCUT2D eigenvalue weighted by Crippen LogP contribution is 2.34. The van der Waals surface area contributed by atoms with E-state index in [9.17, 15) is 4.39 Å². The minimum Gasteiger partial charge on any atom is -0.320 e. The van der Waals surface area contributed by atoms with Crippen LogP contribution in [-0.4, -0.2) is 0 Å². The van der Waals surface area contributed by atoms with Crippen molar-refractivity contribution in [2.45, 2.75) is 13.0 Å². The van der Waals surface area contributed by atoms with Crippen LogP contribution in [0.25, 0.3) is 0 Å². The summed E-state index contributed by atoms with van der Waals surface area (Å²) in [4.78, 5) is 0. The Hall–Kier alpha value is -0.420. The molecule has 0 aliphatic carbocycles. The van der Waals surface area contributed by atoms with Gasteiger partial charge < -0.3 is 5.73 Å². The average Bonchev–Trinajstić information content (AvgIpc) is 2.35. The molecule has 1 atom stereocenters. The van der Waals surface area contributed by atoms with Crippen molar-refractivity contribution in [3.63, 3.8) is 0 Å². The number of nitrogens with two attached hydrogens (primary N) is 1. The smallest absolute Gasteiger partial charge is 0.148 e. The Kier molecular flexibility index (Phi) is 4.66. The summed E-state index contributed by atoms with van der Waals surface area (Å²) in [6.45, 7) is 1.98. The maximum atomic E-state index is 14.2. The zero-order valence-corrected chi connectivity index (χ0v) is 14.0. The first-order valence-corrected chi connectivity index (χ1v) is 7.53. The molecule has 0 amide bonds. The van der Waals surface area contributed by atoms with Crippen molar-refractivity contribution in [1.29, 1.82) is 0 Å². The van der Waals surface area contributed by atoms with Crippen molar-refractivity contribution in [3.8, 4) is 0 Å². The zero-order valence-electron chi connectivity index (χ0n) is 10.1. The SMILES string of the molecule is Cc1ccc(C(N)c2ccc(Br)c(Cl)c2F)c(Br)c1. The lowest BCUT2D eigenvalue weighted by Crippen LogP contribution is -2.14. The molecule has 0 aliphatic rings. The molecule has 2 aromatic carbocycles. The van der Waals surface area contributed by atoms with Gasteiger partial charge in [-0.1, -0.05) is 45.7 Å². The van der Waals surface area contributed by atoms with Crippen molar-refractivity contribution in [3.05, 3.63) is 66.8 Å². The summed E-state index contributed by atoms with van der Waals surface area (Å²) in [5, 5.41) is 0.0520. The number of benzene rings is 2. The van der Waals surface area contributed by atoms with Gasteiger partial charge in [-0.3, -0.25) is 0 Å². The molecule has 5 heteroatoms. The van der Waals surface area contributed by atoms with Gasteiger partial charge in [0.25, 0.3) is 0 Å². The molecule has 2 aromatic rings. The molecule has 0 aromatic heterocycles. The first-order chi connectivity index (χ1) is 8.91. The van der Waals surface area contributed by atoms with E-state index in [1.54, 1.807) is 12.1 Å². The van der Waals surface area contributed by atoms with E-state index in [-0.39, 0.29) is 5.02 Å². The Labute approximate surface area is 133 Å². The molecule has 100 valence electrons. The van der Waals surface area contributed by atoms with Crippen LogP contribution < -0.4 is 5.73 Å². The van der Waals surface area contributed by atoms with E-state index in [1.807, 2.05) is 25.1 Å². The molecule has 0 saturated heterocycles. The predicted octanol–water partition coefficient (Wildman–Crippen LogP) is 5.36. The lowest BCUT2D eigenvalue weighted by molar-refractivity contribution is 0.599. The molecule has 1 nitrogen and oxygen atoms in total. The summed E-state index contributed by atoms with van der Waals surface area (Å²) in [6.07, 6.45) is 0. The first-order valence-electron chi connectivity index (χ1n) is 5.57. The van der Waals surface area contributed by atoms with E-state index in [0.717, 1.165) is 15.6 Å². The monoisotopic (exact) mass is 405 g/mol. The van der Waals surface area contributed by atoms with Crippen LogP contribution in [0.3, 0.4) is 0 Å². The van der Waals surface area contributed by atoms with Crippen molar-refractivity contribution >= 4 is 43.5 Å². The van der Waals surface area contributed by atoms with Crippen LogP contribution in [-0.2, 0) is 0 Å². The van der Waals surface area contributed by atoms with Gasteiger partial charge >= 0.3 is 0 Å². The van der Waals surface area contributed by atoms with Gasteiger partial charge in [-0.15, -0.1) is 0 Å². The summed E-state index contributed by atoms with van der Waals surface area (Å²) in [7, 11) is 0. The molecule has 0 heterocycles. The second kappa shape index (κ2) is 5.92. The number of hydrogen-bond acceptors (Lipinski definition) is 1. The molecule has 0 fully saturated rings.